The van der Waals surface area contributed by atoms with Crippen molar-refractivity contribution in [2.75, 3.05) is 26.3 Å². The van der Waals surface area contributed by atoms with E-state index >= 15 is 0 Å². The molecule has 2 heterocycles. The van der Waals surface area contributed by atoms with E-state index in [1.165, 1.54) is 0 Å². The predicted octanol–water partition coefficient (Wildman–Crippen LogP) is 0.196. The fourth-order valence-electron chi connectivity index (χ4n) is 2.22. The average molecular weight is 281 g/mol. The van der Waals surface area contributed by atoms with Gasteiger partial charge in [0.25, 0.3) is 0 Å². The normalized spacial score (nSPS) is 17.5. The summed E-state index contributed by atoms with van der Waals surface area (Å²) in [6.07, 6.45) is 1.55. The number of rotatable bonds is 5. The lowest BCUT2D eigenvalue weighted by molar-refractivity contribution is -0.137. The Balaban J connectivity index is 1.86. The van der Waals surface area contributed by atoms with Gasteiger partial charge >= 0.3 is 0 Å². The fourth-order valence-corrected chi connectivity index (χ4v) is 2.22. The second-order valence-electron chi connectivity index (χ2n) is 5.25. The van der Waals surface area contributed by atoms with Gasteiger partial charge in [0.15, 0.2) is 0 Å². The summed E-state index contributed by atoms with van der Waals surface area (Å²) in [5.74, 6) is 0.963. The lowest BCUT2D eigenvalue weighted by Gasteiger charge is -2.29. The van der Waals surface area contributed by atoms with Crippen LogP contribution in [0.25, 0.3) is 0 Å². The summed E-state index contributed by atoms with van der Waals surface area (Å²) < 4.78 is 7.11. The third-order valence-corrected chi connectivity index (χ3v) is 3.40. The number of ether oxygens (including phenoxy) is 1. The summed E-state index contributed by atoms with van der Waals surface area (Å²) in [5.41, 5.74) is 0. The van der Waals surface area contributed by atoms with Crippen LogP contribution in [0, 0.1) is 0 Å². The van der Waals surface area contributed by atoms with Crippen molar-refractivity contribution in [1.29, 1.82) is 0 Å². The largest absolute Gasteiger partial charge is 0.378 e. The fraction of sp³-hybridized carbons (Fsp3) is 0.769. The van der Waals surface area contributed by atoms with Crippen LogP contribution in [0.15, 0.2) is 6.33 Å². The molecule has 0 saturated carbocycles. The summed E-state index contributed by atoms with van der Waals surface area (Å²) in [6.45, 7) is 9.13. The molecular formula is C13H23N5O2. The van der Waals surface area contributed by atoms with Gasteiger partial charge in [0, 0.05) is 19.1 Å². The molecule has 0 aromatic carbocycles. The Morgan fingerprint density at radius 3 is 2.75 bits per heavy atom. The SMILES string of the molecule is CC(NCc1ncnn1C(C)C)C(=O)N1CCOCC1. The molecule has 2 rings (SSSR count). The number of morpholine rings is 1. The minimum Gasteiger partial charge on any atom is -0.378 e. The number of nitrogens with one attached hydrogen (secondary N) is 1. The molecule has 112 valence electrons. The van der Waals surface area contributed by atoms with Crippen LogP contribution >= 0.6 is 0 Å². The van der Waals surface area contributed by atoms with Crippen LogP contribution in [0.2, 0.25) is 0 Å². The minimum atomic E-state index is -0.231. The molecule has 0 aliphatic carbocycles. The first-order valence-electron chi connectivity index (χ1n) is 7.08. The van der Waals surface area contributed by atoms with Crippen molar-refractivity contribution >= 4 is 5.91 Å². The van der Waals surface area contributed by atoms with Gasteiger partial charge in [-0.15, -0.1) is 0 Å². The molecule has 1 aliphatic heterocycles. The van der Waals surface area contributed by atoms with E-state index in [0.29, 0.717) is 32.8 Å². The summed E-state index contributed by atoms with van der Waals surface area (Å²) in [5, 5.41) is 7.40. The highest BCUT2D eigenvalue weighted by atomic mass is 16.5. The molecule has 7 heteroatoms. The van der Waals surface area contributed by atoms with E-state index in [-0.39, 0.29) is 18.0 Å². The number of hydrogen-bond donors (Lipinski definition) is 1. The van der Waals surface area contributed by atoms with Gasteiger partial charge in [-0.3, -0.25) is 10.1 Å². The van der Waals surface area contributed by atoms with E-state index in [4.69, 9.17) is 4.74 Å². The molecule has 1 amide bonds. The molecule has 20 heavy (non-hydrogen) atoms. The molecule has 1 N–H and O–H groups in total. The molecular weight excluding hydrogens is 258 g/mol. The summed E-state index contributed by atoms with van der Waals surface area (Å²) in [4.78, 5) is 18.3. The van der Waals surface area contributed by atoms with Gasteiger partial charge in [0.2, 0.25) is 5.91 Å². The van der Waals surface area contributed by atoms with Crippen molar-refractivity contribution in [3.8, 4) is 0 Å². The third-order valence-electron chi connectivity index (χ3n) is 3.40. The number of nitrogens with zero attached hydrogens (tertiary/aromatic N) is 4. The quantitative estimate of drug-likeness (QED) is 0.834. The number of hydrogen-bond acceptors (Lipinski definition) is 5. The second-order valence-corrected chi connectivity index (χ2v) is 5.25. The zero-order chi connectivity index (χ0) is 14.5. The molecule has 1 atom stereocenters. The smallest absolute Gasteiger partial charge is 0.239 e. The van der Waals surface area contributed by atoms with Crippen molar-refractivity contribution in [3.63, 3.8) is 0 Å². The number of amides is 1. The molecule has 1 aliphatic rings. The average Bonchev–Trinajstić information content (AvgIpc) is 2.93. The first-order chi connectivity index (χ1) is 9.59. The molecule has 0 spiro atoms. The number of carbonyl (C=O) groups is 1. The Morgan fingerprint density at radius 1 is 1.40 bits per heavy atom. The van der Waals surface area contributed by atoms with Gasteiger partial charge in [-0.1, -0.05) is 0 Å². The lowest BCUT2D eigenvalue weighted by Crippen LogP contribution is -2.49. The highest BCUT2D eigenvalue weighted by Gasteiger charge is 2.22. The Hall–Kier alpha value is -1.47. The van der Waals surface area contributed by atoms with E-state index in [1.807, 2.05) is 16.5 Å². The van der Waals surface area contributed by atoms with Gasteiger partial charge in [-0.2, -0.15) is 5.10 Å². The molecule has 1 aromatic heterocycles. The van der Waals surface area contributed by atoms with Gasteiger partial charge < -0.3 is 9.64 Å². The van der Waals surface area contributed by atoms with Crippen LogP contribution in [-0.4, -0.2) is 57.9 Å². The number of carbonyl (C=O) groups excluding carboxylic acids is 1. The Kier molecular flexibility index (Phi) is 5.08. The minimum absolute atomic E-state index is 0.115. The zero-order valence-corrected chi connectivity index (χ0v) is 12.4. The highest BCUT2D eigenvalue weighted by Crippen LogP contribution is 2.06. The molecule has 0 bridgehead atoms. The molecule has 1 unspecified atom stereocenters. The monoisotopic (exact) mass is 281 g/mol. The van der Waals surface area contributed by atoms with Crippen molar-refractivity contribution in [3.05, 3.63) is 12.2 Å². The standard InChI is InChI=1S/C13H23N5O2/c1-10(2)18-12(15-9-16-18)8-14-11(3)13(19)17-4-6-20-7-5-17/h9-11,14H,4-8H2,1-3H3. The lowest BCUT2D eigenvalue weighted by atomic mass is 10.2. The highest BCUT2D eigenvalue weighted by molar-refractivity contribution is 5.81. The van der Waals surface area contributed by atoms with Gasteiger partial charge in [-0.25, -0.2) is 9.67 Å². The van der Waals surface area contributed by atoms with Crippen LogP contribution in [0.5, 0.6) is 0 Å². The Bertz CT molecular complexity index is 440. The van der Waals surface area contributed by atoms with Crippen LogP contribution in [0.1, 0.15) is 32.6 Å². The summed E-state index contributed by atoms with van der Waals surface area (Å²) >= 11 is 0. The van der Waals surface area contributed by atoms with E-state index in [9.17, 15) is 4.79 Å². The Morgan fingerprint density at radius 2 is 2.10 bits per heavy atom. The van der Waals surface area contributed by atoms with Crippen LogP contribution in [0.4, 0.5) is 0 Å². The molecule has 1 fully saturated rings. The molecule has 0 radical (unpaired) electrons. The van der Waals surface area contributed by atoms with Crippen LogP contribution in [0.3, 0.4) is 0 Å². The van der Waals surface area contributed by atoms with Crippen molar-refractivity contribution < 1.29 is 9.53 Å². The maximum atomic E-state index is 12.2. The second kappa shape index (κ2) is 6.81. The third kappa shape index (κ3) is 3.55. The molecule has 1 saturated heterocycles. The van der Waals surface area contributed by atoms with Crippen LogP contribution < -0.4 is 5.32 Å². The van der Waals surface area contributed by atoms with Crippen molar-refractivity contribution in [2.45, 2.75) is 39.4 Å². The van der Waals surface area contributed by atoms with E-state index < -0.39 is 0 Å². The first-order valence-corrected chi connectivity index (χ1v) is 7.08. The van der Waals surface area contributed by atoms with Gasteiger partial charge in [0.05, 0.1) is 25.8 Å². The van der Waals surface area contributed by atoms with E-state index in [0.717, 1.165) is 5.82 Å². The Labute approximate surface area is 119 Å². The van der Waals surface area contributed by atoms with Crippen molar-refractivity contribution in [1.82, 2.24) is 25.0 Å². The summed E-state index contributed by atoms with van der Waals surface area (Å²) in [7, 11) is 0. The topological polar surface area (TPSA) is 72.3 Å². The predicted molar refractivity (Wildman–Crippen MR) is 74.1 cm³/mol. The zero-order valence-electron chi connectivity index (χ0n) is 12.4. The van der Waals surface area contributed by atoms with Gasteiger partial charge in [0.1, 0.15) is 12.2 Å². The maximum absolute atomic E-state index is 12.2. The first kappa shape index (κ1) is 14.9. The summed E-state index contributed by atoms with van der Waals surface area (Å²) in [6, 6.07) is 0.0324. The van der Waals surface area contributed by atoms with Crippen molar-refractivity contribution in [2.24, 2.45) is 0 Å². The van der Waals surface area contributed by atoms with E-state index in [2.05, 4.69) is 29.2 Å². The van der Waals surface area contributed by atoms with E-state index in [1.54, 1.807) is 6.33 Å². The van der Waals surface area contributed by atoms with Crippen LogP contribution in [-0.2, 0) is 16.1 Å². The maximum Gasteiger partial charge on any atom is 0.239 e. The molecule has 7 nitrogen and oxygen atoms in total. The number of aromatic nitrogens is 3. The van der Waals surface area contributed by atoms with Gasteiger partial charge in [-0.05, 0) is 20.8 Å². The molecule has 1 aromatic rings.